The lowest BCUT2D eigenvalue weighted by atomic mass is 9.55. The lowest BCUT2D eigenvalue weighted by molar-refractivity contribution is -0.414. The van der Waals surface area contributed by atoms with Crippen molar-refractivity contribution in [1.82, 2.24) is 0 Å². The summed E-state index contributed by atoms with van der Waals surface area (Å²) in [4.78, 5) is 0. The molecule has 3 heteroatoms. The van der Waals surface area contributed by atoms with Crippen molar-refractivity contribution in [3.63, 3.8) is 0 Å². The smallest absolute Gasteiger partial charge is 0.281 e. The van der Waals surface area contributed by atoms with E-state index in [0.717, 1.165) is 6.42 Å². The van der Waals surface area contributed by atoms with Crippen LogP contribution in [-0.4, -0.2) is 22.8 Å². The van der Waals surface area contributed by atoms with Crippen LogP contribution in [0.3, 0.4) is 0 Å². The first-order valence-electron chi connectivity index (χ1n) is 7.73. The lowest BCUT2D eigenvalue weighted by Crippen LogP contribution is -2.68. The minimum absolute atomic E-state index is 0.00694. The van der Waals surface area contributed by atoms with Crippen LogP contribution in [0.4, 0.5) is 0 Å². The zero-order valence-corrected chi connectivity index (χ0v) is 11.2. The Hall–Kier alpha value is -0.120. The molecule has 5 rings (SSSR count). The summed E-state index contributed by atoms with van der Waals surface area (Å²) in [6.45, 7) is 2.01. The Morgan fingerprint density at radius 2 is 1.72 bits per heavy atom. The van der Waals surface area contributed by atoms with Crippen molar-refractivity contribution in [2.75, 3.05) is 0 Å². The topological polar surface area (TPSA) is 27.7 Å². The van der Waals surface area contributed by atoms with Crippen LogP contribution in [0.15, 0.2) is 0 Å². The quantitative estimate of drug-likeness (QED) is 0.661. The van der Waals surface area contributed by atoms with E-state index in [9.17, 15) is 0 Å². The Morgan fingerprint density at radius 1 is 0.833 bits per heavy atom. The Kier molecular flexibility index (Phi) is 1.66. The highest BCUT2D eigenvalue weighted by atomic mass is 16.9. The van der Waals surface area contributed by atoms with E-state index >= 15 is 0 Å². The molecular formula is C15H22O3. The molecule has 0 radical (unpaired) electrons. The Bertz CT molecular complexity index is 424. The molecule has 3 saturated carbocycles. The summed E-state index contributed by atoms with van der Waals surface area (Å²) in [5.41, 5.74) is 0.0619. The molecule has 0 aromatic rings. The van der Waals surface area contributed by atoms with Crippen LogP contribution in [0.2, 0.25) is 0 Å². The van der Waals surface area contributed by atoms with Crippen LogP contribution in [0.1, 0.15) is 64.7 Å². The summed E-state index contributed by atoms with van der Waals surface area (Å²) in [5, 5.41) is 0. The molecule has 3 aliphatic carbocycles. The summed E-state index contributed by atoms with van der Waals surface area (Å²) < 4.78 is 19.3. The molecule has 5 unspecified atom stereocenters. The van der Waals surface area contributed by atoms with Gasteiger partial charge in [0, 0.05) is 12.8 Å². The Balaban J connectivity index is 1.75. The Morgan fingerprint density at radius 3 is 2.67 bits per heavy atom. The van der Waals surface area contributed by atoms with Gasteiger partial charge in [0.15, 0.2) is 0 Å². The second kappa shape index (κ2) is 2.82. The number of fused-ring (bicyclic) bond motifs is 1. The summed E-state index contributed by atoms with van der Waals surface area (Å²) >= 11 is 0. The van der Waals surface area contributed by atoms with Crippen LogP contribution >= 0.6 is 0 Å². The maximum Gasteiger partial charge on any atom is 0.281 e. The fourth-order valence-electron chi connectivity index (χ4n) is 6.17. The SMILES string of the molecule is CC12OC34CCCC3C3(CCCCC3(CC4)O1)O2. The van der Waals surface area contributed by atoms with Crippen molar-refractivity contribution in [3.8, 4) is 0 Å². The van der Waals surface area contributed by atoms with Gasteiger partial charge in [0.2, 0.25) is 0 Å². The monoisotopic (exact) mass is 250 g/mol. The van der Waals surface area contributed by atoms with Gasteiger partial charge in [-0.25, -0.2) is 0 Å². The zero-order chi connectivity index (χ0) is 12.1. The predicted molar refractivity (Wildman–Crippen MR) is 64.9 cm³/mol. The van der Waals surface area contributed by atoms with Crippen molar-refractivity contribution in [1.29, 1.82) is 0 Å². The average molecular weight is 250 g/mol. The standard InChI is InChI=1S/C15H22O3/c1-12-16-13-6-4-5-11(13)15(18-12)8-3-2-7-14(15,17-12)10-9-13/h11H,2-10H2,1H3. The zero-order valence-electron chi connectivity index (χ0n) is 11.2. The summed E-state index contributed by atoms with van der Waals surface area (Å²) in [7, 11) is 0. The van der Waals surface area contributed by atoms with Crippen LogP contribution in [-0.2, 0) is 14.2 Å². The van der Waals surface area contributed by atoms with Crippen LogP contribution in [0, 0.1) is 5.92 Å². The molecule has 100 valence electrons. The van der Waals surface area contributed by atoms with E-state index in [1.54, 1.807) is 0 Å². The molecule has 3 bridgehead atoms. The highest BCUT2D eigenvalue weighted by Crippen LogP contribution is 2.71. The molecule has 18 heavy (non-hydrogen) atoms. The molecule has 0 amide bonds. The van der Waals surface area contributed by atoms with E-state index in [4.69, 9.17) is 14.2 Å². The van der Waals surface area contributed by atoms with Gasteiger partial charge in [-0.15, -0.1) is 0 Å². The van der Waals surface area contributed by atoms with Gasteiger partial charge in [-0.05, 0) is 38.5 Å². The minimum atomic E-state index is -0.748. The highest BCUT2D eigenvalue weighted by Gasteiger charge is 2.79. The first kappa shape index (κ1) is 10.6. The maximum atomic E-state index is 6.47. The van der Waals surface area contributed by atoms with Crippen molar-refractivity contribution in [2.45, 2.75) is 87.5 Å². The molecule has 5 fully saturated rings. The molecule has 2 heterocycles. The molecule has 0 N–H and O–H groups in total. The highest BCUT2D eigenvalue weighted by molar-refractivity contribution is 5.24. The summed E-state index contributed by atoms with van der Waals surface area (Å²) in [5.74, 6) is -0.156. The van der Waals surface area contributed by atoms with E-state index < -0.39 is 5.97 Å². The predicted octanol–water partition coefficient (Wildman–Crippen LogP) is 3.12. The summed E-state index contributed by atoms with van der Waals surface area (Å²) in [6, 6.07) is 0. The van der Waals surface area contributed by atoms with Gasteiger partial charge in [-0.1, -0.05) is 19.3 Å². The van der Waals surface area contributed by atoms with Crippen molar-refractivity contribution in [3.05, 3.63) is 0 Å². The lowest BCUT2D eigenvalue weighted by Gasteiger charge is -2.59. The third-order valence-electron chi connectivity index (χ3n) is 6.53. The molecule has 0 aromatic carbocycles. The van der Waals surface area contributed by atoms with Crippen LogP contribution in [0.25, 0.3) is 0 Å². The first-order valence-corrected chi connectivity index (χ1v) is 7.73. The minimum Gasteiger partial charge on any atom is -0.321 e. The molecule has 1 spiro atoms. The molecule has 5 atom stereocenters. The fourth-order valence-corrected chi connectivity index (χ4v) is 6.17. The number of ether oxygens (including phenoxy) is 3. The molecule has 0 aromatic heterocycles. The number of hydrogen-bond acceptors (Lipinski definition) is 3. The van der Waals surface area contributed by atoms with Gasteiger partial charge in [0.25, 0.3) is 5.97 Å². The average Bonchev–Trinajstić information content (AvgIpc) is 2.79. The molecule has 3 nitrogen and oxygen atoms in total. The van der Waals surface area contributed by atoms with Gasteiger partial charge in [0.1, 0.15) is 11.2 Å². The maximum absolute atomic E-state index is 6.47. The van der Waals surface area contributed by atoms with Crippen molar-refractivity contribution < 1.29 is 14.2 Å². The van der Waals surface area contributed by atoms with Gasteiger partial charge in [-0.2, -0.15) is 0 Å². The molecule has 2 saturated heterocycles. The normalized spacial score (nSPS) is 64.8. The van der Waals surface area contributed by atoms with E-state index in [1.807, 2.05) is 6.92 Å². The van der Waals surface area contributed by atoms with Crippen LogP contribution < -0.4 is 0 Å². The van der Waals surface area contributed by atoms with E-state index in [1.165, 1.54) is 51.4 Å². The third-order valence-corrected chi connectivity index (χ3v) is 6.53. The summed E-state index contributed by atoms with van der Waals surface area (Å²) in [6.07, 6.45) is 11.1. The Labute approximate surface area is 108 Å². The number of rotatable bonds is 0. The largest absolute Gasteiger partial charge is 0.321 e. The second-order valence-electron chi connectivity index (χ2n) is 7.27. The van der Waals surface area contributed by atoms with Gasteiger partial charge < -0.3 is 14.2 Å². The third kappa shape index (κ3) is 0.918. The number of hydrogen-bond donors (Lipinski definition) is 0. The van der Waals surface area contributed by atoms with Crippen molar-refractivity contribution >= 4 is 0 Å². The molecule has 5 aliphatic rings. The van der Waals surface area contributed by atoms with Crippen LogP contribution in [0.5, 0.6) is 0 Å². The van der Waals surface area contributed by atoms with Gasteiger partial charge >= 0.3 is 0 Å². The second-order valence-corrected chi connectivity index (χ2v) is 7.27. The van der Waals surface area contributed by atoms with E-state index in [2.05, 4.69) is 0 Å². The van der Waals surface area contributed by atoms with E-state index in [0.29, 0.717) is 5.92 Å². The van der Waals surface area contributed by atoms with Gasteiger partial charge in [0.05, 0.1) is 5.60 Å². The van der Waals surface area contributed by atoms with Crippen molar-refractivity contribution in [2.24, 2.45) is 5.92 Å². The first-order chi connectivity index (χ1) is 8.62. The molecular weight excluding hydrogens is 228 g/mol. The molecule has 2 aliphatic heterocycles. The fraction of sp³-hybridized carbons (Fsp3) is 1.00. The van der Waals surface area contributed by atoms with Gasteiger partial charge in [-0.3, -0.25) is 0 Å². The van der Waals surface area contributed by atoms with E-state index in [-0.39, 0.29) is 16.8 Å².